The van der Waals surface area contributed by atoms with E-state index in [1.807, 2.05) is 60.8 Å². The van der Waals surface area contributed by atoms with E-state index in [9.17, 15) is 4.79 Å². The first-order chi connectivity index (χ1) is 12.4. The van der Waals surface area contributed by atoms with E-state index in [0.29, 0.717) is 6.61 Å². The molecule has 3 aromatic rings. The summed E-state index contributed by atoms with van der Waals surface area (Å²) in [4.78, 5) is 15.6. The number of aromatic nitrogens is 2. The van der Waals surface area contributed by atoms with Gasteiger partial charge in [-0.05, 0) is 61.4 Å². The quantitative estimate of drug-likeness (QED) is 0.531. The number of hydrogen-bond acceptors (Lipinski definition) is 3. The fourth-order valence-corrected chi connectivity index (χ4v) is 2.61. The molecule has 2 aromatic heterocycles. The summed E-state index contributed by atoms with van der Waals surface area (Å²) in [5.41, 5.74) is 5.11. The Morgan fingerprint density at radius 2 is 2.00 bits per heavy atom. The molecule has 0 radical (unpaired) electrons. The average Bonchev–Trinajstić information content (AvgIpc) is 2.96. The Kier molecular flexibility index (Phi) is 4.89. The summed E-state index contributed by atoms with van der Waals surface area (Å²) in [6.07, 6.45) is 4.64. The lowest BCUT2D eigenvalue weighted by Crippen LogP contribution is -1.97. The smallest absolute Gasteiger partial charge is 0.328 e. The molecule has 0 unspecified atom stereocenters. The van der Waals surface area contributed by atoms with Gasteiger partial charge in [-0.2, -0.15) is 0 Å². The zero-order chi connectivity index (χ0) is 18.7. The summed E-state index contributed by atoms with van der Waals surface area (Å²) in [5, 5.41) is 9.00. The van der Waals surface area contributed by atoms with Crippen LogP contribution in [0.4, 0.5) is 0 Å². The summed E-state index contributed by atoms with van der Waals surface area (Å²) in [6.45, 7) is 8.19. The second-order valence-corrected chi connectivity index (χ2v) is 6.22. The predicted molar refractivity (Wildman–Crippen MR) is 102 cm³/mol. The molecule has 5 heteroatoms. The average molecular weight is 348 g/mol. The highest BCUT2D eigenvalue weighted by Crippen LogP contribution is 2.27. The van der Waals surface area contributed by atoms with Gasteiger partial charge in [0.2, 0.25) is 0 Å². The number of benzene rings is 1. The number of fused-ring (bicyclic) bond motifs is 1. The fraction of sp³-hybridized carbons (Fsp3) is 0.143. The Morgan fingerprint density at radius 1 is 1.27 bits per heavy atom. The van der Waals surface area contributed by atoms with E-state index in [1.165, 1.54) is 0 Å². The van der Waals surface area contributed by atoms with Gasteiger partial charge in [-0.25, -0.2) is 9.78 Å². The number of carboxylic acids is 1. The Hall–Kier alpha value is -3.34. The van der Waals surface area contributed by atoms with Gasteiger partial charge in [-0.15, -0.1) is 0 Å². The van der Waals surface area contributed by atoms with Crippen LogP contribution in [0.25, 0.3) is 23.0 Å². The van der Waals surface area contributed by atoms with Gasteiger partial charge in [-0.1, -0.05) is 12.6 Å². The van der Waals surface area contributed by atoms with Crippen LogP contribution < -0.4 is 4.74 Å². The van der Waals surface area contributed by atoms with Crippen LogP contribution in [0.3, 0.4) is 0 Å². The van der Waals surface area contributed by atoms with Crippen molar-refractivity contribution in [1.29, 1.82) is 0 Å². The summed E-state index contributed by atoms with van der Waals surface area (Å²) < 4.78 is 7.52. The van der Waals surface area contributed by atoms with Gasteiger partial charge in [-0.3, -0.25) is 4.40 Å². The number of aryl methyl sites for hydroxylation is 1. The Morgan fingerprint density at radius 3 is 2.65 bits per heavy atom. The maximum Gasteiger partial charge on any atom is 0.328 e. The number of imidazole rings is 1. The molecule has 0 atom stereocenters. The van der Waals surface area contributed by atoms with Crippen LogP contribution in [0.15, 0.2) is 60.8 Å². The molecule has 1 N–H and O–H groups in total. The van der Waals surface area contributed by atoms with E-state index in [2.05, 4.69) is 11.6 Å². The normalized spacial score (nSPS) is 11.2. The Labute approximate surface area is 151 Å². The van der Waals surface area contributed by atoms with Gasteiger partial charge < -0.3 is 9.84 Å². The molecule has 0 aliphatic heterocycles. The summed E-state index contributed by atoms with van der Waals surface area (Å²) in [7, 11) is 0. The molecule has 0 saturated heterocycles. The Balaban J connectivity index is 2.04. The number of pyridine rings is 1. The first-order valence-corrected chi connectivity index (χ1v) is 8.21. The third kappa shape index (κ3) is 3.83. The minimum absolute atomic E-state index is 0.472. The Bertz CT molecular complexity index is 998. The molecule has 0 amide bonds. The molecule has 3 rings (SSSR count). The van der Waals surface area contributed by atoms with Crippen molar-refractivity contribution < 1.29 is 14.6 Å². The van der Waals surface area contributed by atoms with E-state index in [1.54, 1.807) is 6.08 Å². The highest BCUT2D eigenvalue weighted by molar-refractivity contribution is 5.87. The van der Waals surface area contributed by atoms with Gasteiger partial charge in [0.25, 0.3) is 0 Å². The van der Waals surface area contributed by atoms with Crippen molar-refractivity contribution in [3.8, 4) is 17.0 Å². The van der Waals surface area contributed by atoms with Crippen molar-refractivity contribution >= 4 is 17.7 Å². The van der Waals surface area contributed by atoms with E-state index in [-0.39, 0.29) is 0 Å². The lowest BCUT2D eigenvalue weighted by Gasteiger charge is -2.06. The highest BCUT2D eigenvalue weighted by Gasteiger charge is 2.12. The molecule has 0 saturated carbocycles. The summed E-state index contributed by atoms with van der Waals surface area (Å²) in [6, 6.07) is 11.5. The zero-order valence-electron chi connectivity index (χ0n) is 14.8. The van der Waals surface area contributed by atoms with Gasteiger partial charge in [0, 0.05) is 17.8 Å². The van der Waals surface area contributed by atoms with E-state index in [4.69, 9.17) is 9.84 Å². The van der Waals surface area contributed by atoms with Crippen LogP contribution in [0.2, 0.25) is 0 Å². The van der Waals surface area contributed by atoms with Crippen molar-refractivity contribution in [2.45, 2.75) is 13.8 Å². The molecule has 132 valence electrons. The number of ether oxygens (including phenoxy) is 1. The molecule has 26 heavy (non-hydrogen) atoms. The largest absolute Gasteiger partial charge is 0.489 e. The molecule has 0 spiro atoms. The molecule has 0 bridgehead atoms. The van der Waals surface area contributed by atoms with Crippen LogP contribution in [0.5, 0.6) is 5.75 Å². The maximum absolute atomic E-state index is 11.0. The molecular formula is C21H20N2O3. The third-order valence-electron chi connectivity index (χ3n) is 3.80. The summed E-state index contributed by atoms with van der Waals surface area (Å²) in [5.74, 6) is -0.249. The van der Waals surface area contributed by atoms with Crippen LogP contribution in [0.1, 0.15) is 18.2 Å². The first kappa shape index (κ1) is 17.5. The molecule has 2 heterocycles. The molecule has 0 fully saturated rings. The molecular weight excluding hydrogens is 328 g/mol. The van der Waals surface area contributed by atoms with Gasteiger partial charge in [0.1, 0.15) is 18.0 Å². The highest BCUT2D eigenvalue weighted by atomic mass is 16.5. The van der Waals surface area contributed by atoms with Crippen molar-refractivity contribution in [2.75, 3.05) is 6.61 Å². The monoisotopic (exact) mass is 348 g/mol. The number of aliphatic carboxylic acids is 1. The van der Waals surface area contributed by atoms with Gasteiger partial charge in [0.15, 0.2) is 0 Å². The van der Waals surface area contributed by atoms with Gasteiger partial charge >= 0.3 is 5.97 Å². The molecule has 0 aliphatic rings. The second-order valence-electron chi connectivity index (χ2n) is 6.22. The van der Waals surface area contributed by atoms with E-state index in [0.717, 1.165) is 45.6 Å². The summed E-state index contributed by atoms with van der Waals surface area (Å²) >= 11 is 0. The standard InChI is InChI=1S/C21H20N2O3/c1-14(2)13-26-17-7-5-16(6-8-17)21-18(9-11-20(24)25)23-12-15(3)4-10-19(23)22-21/h4-12H,1,13H2,2-3H3,(H,24,25)/b11-9+. The topological polar surface area (TPSA) is 63.8 Å². The zero-order valence-corrected chi connectivity index (χ0v) is 14.8. The van der Waals surface area contributed by atoms with Crippen LogP contribution in [-0.4, -0.2) is 27.1 Å². The number of carboxylic acid groups (broad SMARTS) is 1. The number of hydrogen-bond donors (Lipinski definition) is 1. The minimum atomic E-state index is -0.998. The van der Waals surface area contributed by atoms with Crippen molar-refractivity contribution in [3.05, 3.63) is 72.1 Å². The first-order valence-electron chi connectivity index (χ1n) is 8.21. The van der Waals surface area contributed by atoms with Crippen molar-refractivity contribution in [3.63, 3.8) is 0 Å². The molecule has 0 aliphatic carbocycles. The predicted octanol–water partition coefficient (Wildman–Crippen LogP) is 4.36. The van der Waals surface area contributed by atoms with Crippen LogP contribution >= 0.6 is 0 Å². The SMILES string of the molecule is C=C(C)COc1ccc(-c2nc3ccc(C)cn3c2/C=C/C(=O)O)cc1. The van der Waals surface area contributed by atoms with E-state index < -0.39 is 5.97 Å². The maximum atomic E-state index is 11.0. The van der Waals surface area contributed by atoms with Crippen molar-refractivity contribution in [1.82, 2.24) is 9.38 Å². The number of rotatable bonds is 6. The number of carbonyl (C=O) groups is 1. The lowest BCUT2D eigenvalue weighted by atomic mass is 10.1. The lowest BCUT2D eigenvalue weighted by molar-refractivity contribution is -0.131. The van der Waals surface area contributed by atoms with Gasteiger partial charge in [0.05, 0.1) is 11.4 Å². The van der Waals surface area contributed by atoms with Crippen LogP contribution in [0, 0.1) is 6.92 Å². The van der Waals surface area contributed by atoms with E-state index >= 15 is 0 Å². The molecule has 1 aromatic carbocycles. The van der Waals surface area contributed by atoms with Crippen molar-refractivity contribution in [2.24, 2.45) is 0 Å². The molecule has 5 nitrogen and oxygen atoms in total. The second kappa shape index (κ2) is 7.27. The fourth-order valence-electron chi connectivity index (χ4n) is 2.61. The van der Waals surface area contributed by atoms with Crippen LogP contribution in [-0.2, 0) is 4.79 Å². The number of nitrogens with zero attached hydrogens (tertiary/aromatic N) is 2. The minimum Gasteiger partial charge on any atom is -0.489 e. The third-order valence-corrected chi connectivity index (χ3v) is 3.80.